The number of ether oxygens (including phenoxy) is 1. The first-order valence-corrected chi connectivity index (χ1v) is 4.71. The highest BCUT2D eigenvalue weighted by molar-refractivity contribution is 5.80. The molecule has 1 unspecified atom stereocenters. The minimum absolute atomic E-state index is 0.0262. The van der Waals surface area contributed by atoms with Crippen molar-refractivity contribution in [3.8, 4) is 0 Å². The lowest BCUT2D eigenvalue weighted by Gasteiger charge is -2.20. The number of carbonyl (C=O) groups is 1. The maximum Gasteiger partial charge on any atom is 0.251 e. The zero-order valence-electron chi connectivity index (χ0n) is 8.90. The fraction of sp³-hybridized carbons (Fsp3) is 0.700. The molecule has 0 aromatic rings. The summed E-state index contributed by atoms with van der Waals surface area (Å²) in [5.74, 6) is -0.108. The molecule has 0 aromatic heterocycles. The highest BCUT2D eigenvalue weighted by Gasteiger charge is 2.16. The van der Waals surface area contributed by atoms with Crippen molar-refractivity contribution in [2.45, 2.75) is 19.4 Å². The van der Waals surface area contributed by atoms with Crippen molar-refractivity contribution in [3.63, 3.8) is 0 Å². The Morgan fingerprint density at radius 2 is 2.36 bits per heavy atom. The lowest BCUT2D eigenvalue weighted by Crippen LogP contribution is -2.38. The molecule has 0 heterocycles. The van der Waals surface area contributed by atoms with Gasteiger partial charge in [0.25, 0.3) is 5.91 Å². The Bertz CT molecular complexity index is 182. The van der Waals surface area contributed by atoms with Gasteiger partial charge in [-0.05, 0) is 13.3 Å². The van der Waals surface area contributed by atoms with Crippen molar-refractivity contribution in [1.29, 1.82) is 0 Å². The highest BCUT2D eigenvalue weighted by Crippen LogP contribution is 1.98. The van der Waals surface area contributed by atoms with Gasteiger partial charge in [0.15, 0.2) is 0 Å². The van der Waals surface area contributed by atoms with Crippen LogP contribution in [0.5, 0.6) is 0 Å². The van der Waals surface area contributed by atoms with Gasteiger partial charge < -0.3 is 14.7 Å². The van der Waals surface area contributed by atoms with Crippen LogP contribution in [0.15, 0.2) is 12.7 Å². The number of hydrogen-bond donors (Lipinski definition) is 1. The van der Waals surface area contributed by atoms with Crippen molar-refractivity contribution >= 4 is 5.91 Å². The third kappa shape index (κ3) is 4.99. The molecular weight excluding hydrogens is 182 g/mol. The quantitative estimate of drug-likeness (QED) is 0.479. The second-order valence-corrected chi connectivity index (χ2v) is 3.07. The molecule has 0 spiro atoms. The molecular formula is C10H19NO3. The van der Waals surface area contributed by atoms with Gasteiger partial charge in [-0.2, -0.15) is 0 Å². The third-order valence-electron chi connectivity index (χ3n) is 1.85. The smallest absolute Gasteiger partial charge is 0.251 e. The summed E-state index contributed by atoms with van der Waals surface area (Å²) in [6, 6.07) is 0. The van der Waals surface area contributed by atoms with Crippen molar-refractivity contribution < 1.29 is 14.6 Å². The number of likely N-dealkylation sites (N-methyl/N-ethyl adjacent to an activating group) is 1. The summed E-state index contributed by atoms with van der Waals surface area (Å²) in [5.41, 5.74) is 0. The first kappa shape index (κ1) is 13.1. The lowest BCUT2D eigenvalue weighted by molar-refractivity contribution is -0.141. The molecule has 0 aliphatic carbocycles. The van der Waals surface area contributed by atoms with Crippen LogP contribution in [0, 0.1) is 0 Å². The Balaban J connectivity index is 3.79. The van der Waals surface area contributed by atoms with Crippen molar-refractivity contribution in [2.24, 2.45) is 0 Å². The van der Waals surface area contributed by atoms with E-state index in [2.05, 4.69) is 6.58 Å². The van der Waals surface area contributed by atoms with Crippen LogP contribution in [0.4, 0.5) is 0 Å². The second kappa shape index (κ2) is 7.53. The summed E-state index contributed by atoms with van der Waals surface area (Å²) >= 11 is 0. The molecule has 0 rings (SSSR count). The van der Waals surface area contributed by atoms with Gasteiger partial charge in [0, 0.05) is 13.6 Å². The van der Waals surface area contributed by atoms with Crippen molar-refractivity contribution in [2.75, 3.05) is 26.8 Å². The summed E-state index contributed by atoms with van der Waals surface area (Å²) in [6.45, 7) is 6.08. The SMILES string of the molecule is C=CCCOC(C)C(=O)N(C)CCO. The zero-order chi connectivity index (χ0) is 11.0. The van der Waals surface area contributed by atoms with Gasteiger partial charge >= 0.3 is 0 Å². The molecule has 0 saturated heterocycles. The predicted octanol–water partition coefficient (Wildman–Crippen LogP) is 0.418. The van der Waals surface area contributed by atoms with E-state index in [0.717, 1.165) is 6.42 Å². The molecule has 0 fully saturated rings. The van der Waals surface area contributed by atoms with Crippen LogP contribution in [-0.2, 0) is 9.53 Å². The molecule has 4 heteroatoms. The maximum absolute atomic E-state index is 11.5. The fourth-order valence-electron chi connectivity index (χ4n) is 0.970. The molecule has 14 heavy (non-hydrogen) atoms. The van der Waals surface area contributed by atoms with E-state index in [0.29, 0.717) is 13.2 Å². The summed E-state index contributed by atoms with van der Waals surface area (Å²) in [4.78, 5) is 12.9. The number of carbonyl (C=O) groups excluding carboxylic acids is 1. The predicted molar refractivity (Wildman–Crippen MR) is 55.0 cm³/mol. The minimum Gasteiger partial charge on any atom is -0.395 e. The van der Waals surface area contributed by atoms with Crippen LogP contribution < -0.4 is 0 Å². The Hall–Kier alpha value is -0.870. The molecule has 4 nitrogen and oxygen atoms in total. The standard InChI is InChI=1S/C10H19NO3/c1-4-5-8-14-9(2)10(13)11(3)6-7-12/h4,9,12H,1,5-8H2,2-3H3. The number of nitrogens with zero attached hydrogens (tertiary/aromatic N) is 1. The molecule has 0 bridgehead atoms. The van der Waals surface area contributed by atoms with Gasteiger partial charge in [-0.15, -0.1) is 6.58 Å². The summed E-state index contributed by atoms with van der Waals surface area (Å²) in [6.07, 6.45) is 2.03. The molecule has 0 radical (unpaired) electrons. The largest absolute Gasteiger partial charge is 0.395 e. The molecule has 1 atom stereocenters. The first-order chi connectivity index (χ1) is 6.63. The minimum atomic E-state index is -0.452. The van der Waals surface area contributed by atoms with Crippen LogP contribution in [0.2, 0.25) is 0 Å². The van der Waals surface area contributed by atoms with Gasteiger partial charge in [-0.1, -0.05) is 6.08 Å². The van der Waals surface area contributed by atoms with E-state index in [4.69, 9.17) is 9.84 Å². The second-order valence-electron chi connectivity index (χ2n) is 3.07. The zero-order valence-corrected chi connectivity index (χ0v) is 8.90. The molecule has 0 saturated carbocycles. The van der Waals surface area contributed by atoms with Gasteiger partial charge in [0.05, 0.1) is 13.2 Å². The molecule has 0 aliphatic heterocycles. The lowest BCUT2D eigenvalue weighted by atomic mass is 10.3. The maximum atomic E-state index is 11.5. The van der Waals surface area contributed by atoms with Crippen LogP contribution >= 0.6 is 0 Å². The average molecular weight is 201 g/mol. The van der Waals surface area contributed by atoms with Gasteiger partial charge in [-0.25, -0.2) is 0 Å². The molecule has 0 aromatic carbocycles. The molecule has 1 amide bonds. The normalized spacial score (nSPS) is 12.2. The Morgan fingerprint density at radius 1 is 1.71 bits per heavy atom. The average Bonchev–Trinajstić information content (AvgIpc) is 2.17. The summed E-state index contributed by atoms with van der Waals surface area (Å²) in [7, 11) is 1.64. The van der Waals surface area contributed by atoms with E-state index in [1.54, 1.807) is 20.0 Å². The number of amides is 1. The van der Waals surface area contributed by atoms with E-state index < -0.39 is 6.10 Å². The third-order valence-corrected chi connectivity index (χ3v) is 1.85. The highest BCUT2D eigenvalue weighted by atomic mass is 16.5. The number of aliphatic hydroxyl groups excluding tert-OH is 1. The van der Waals surface area contributed by atoms with E-state index >= 15 is 0 Å². The van der Waals surface area contributed by atoms with Crippen molar-refractivity contribution in [3.05, 3.63) is 12.7 Å². The van der Waals surface area contributed by atoms with Crippen molar-refractivity contribution in [1.82, 2.24) is 4.90 Å². The van der Waals surface area contributed by atoms with Gasteiger partial charge in [0.2, 0.25) is 0 Å². The summed E-state index contributed by atoms with van der Waals surface area (Å²) in [5, 5.41) is 8.63. The molecule has 1 N–H and O–H groups in total. The Kier molecular flexibility index (Phi) is 7.06. The Labute approximate surface area is 85.2 Å². The number of hydrogen-bond acceptors (Lipinski definition) is 3. The summed E-state index contributed by atoms with van der Waals surface area (Å²) < 4.78 is 5.27. The molecule has 0 aliphatic rings. The Morgan fingerprint density at radius 3 is 2.86 bits per heavy atom. The van der Waals surface area contributed by atoms with E-state index in [-0.39, 0.29) is 12.5 Å². The van der Waals surface area contributed by atoms with Gasteiger partial charge in [0.1, 0.15) is 6.10 Å². The van der Waals surface area contributed by atoms with Crippen LogP contribution in [-0.4, -0.2) is 48.8 Å². The first-order valence-electron chi connectivity index (χ1n) is 4.71. The van der Waals surface area contributed by atoms with E-state index in [9.17, 15) is 4.79 Å². The fourth-order valence-corrected chi connectivity index (χ4v) is 0.970. The number of aliphatic hydroxyl groups is 1. The monoisotopic (exact) mass is 201 g/mol. The van der Waals surface area contributed by atoms with Crippen LogP contribution in [0.1, 0.15) is 13.3 Å². The van der Waals surface area contributed by atoms with E-state index in [1.807, 2.05) is 0 Å². The van der Waals surface area contributed by atoms with E-state index in [1.165, 1.54) is 4.90 Å². The topological polar surface area (TPSA) is 49.8 Å². The van der Waals surface area contributed by atoms with Gasteiger partial charge in [-0.3, -0.25) is 4.79 Å². The molecule has 82 valence electrons. The van der Waals surface area contributed by atoms with Crippen LogP contribution in [0.3, 0.4) is 0 Å². The number of rotatable bonds is 7. The van der Waals surface area contributed by atoms with Crippen LogP contribution in [0.25, 0.3) is 0 Å².